The number of piperazine rings is 1. The van der Waals surface area contributed by atoms with Gasteiger partial charge in [-0.1, -0.05) is 54.6 Å². The molecule has 1 N–H and O–H groups in total. The number of anilines is 2. The molecule has 2 amide bonds. The molecule has 0 aliphatic carbocycles. The molecule has 5 rings (SSSR count). The second kappa shape index (κ2) is 11.2. The van der Waals surface area contributed by atoms with Gasteiger partial charge in [0.1, 0.15) is 0 Å². The van der Waals surface area contributed by atoms with Gasteiger partial charge in [-0.3, -0.25) is 9.59 Å². The SMILES string of the molecule is CCOC(=O)c1ccc(N2CCN(C(=O)c3ccccc3)CC2)c(NC(=O)c2cccc3ccccc23)c1. The summed E-state index contributed by atoms with van der Waals surface area (Å²) in [7, 11) is 0. The van der Waals surface area contributed by atoms with Crippen LogP contribution in [0.5, 0.6) is 0 Å². The molecule has 0 saturated carbocycles. The number of hydrogen-bond acceptors (Lipinski definition) is 5. The average Bonchev–Trinajstić information content (AvgIpc) is 2.97. The molecule has 0 bridgehead atoms. The number of fused-ring (bicyclic) bond motifs is 1. The smallest absolute Gasteiger partial charge is 0.338 e. The van der Waals surface area contributed by atoms with Crippen molar-refractivity contribution in [2.24, 2.45) is 0 Å². The van der Waals surface area contributed by atoms with Gasteiger partial charge in [0, 0.05) is 37.3 Å². The third kappa shape index (κ3) is 5.22. The first-order valence-electron chi connectivity index (χ1n) is 12.7. The molecule has 7 heteroatoms. The van der Waals surface area contributed by atoms with Crippen molar-refractivity contribution in [3.05, 3.63) is 108 Å². The van der Waals surface area contributed by atoms with E-state index in [0.717, 1.165) is 16.5 Å². The van der Waals surface area contributed by atoms with Crippen molar-refractivity contribution in [3.8, 4) is 0 Å². The number of ether oxygens (including phenoxy) is 1. The molecular formula is C31H29N3O4. The zero-order valence-electron chi connectivity index (χ0n) is 21.2. The van der Waals surface area contributed by atoms with Gasteiger partial charge in [-0.2, -0.15) is 0 Å². The summed E-state index contributed by atoms with van der Waals surface area (Å²) in [6, 6.07) is 27.8. The van der Waals surface area contributed by atoms with E-state index in [9.17, 15) is 14.4 Å². The molecule has 0 spiro atoms. The predicted octanol–water partition coefficient (Wildman–Crippen LogP) is 5.23. The standard InChI is InChI=1S/C31H29N3O4/c1-2-38-31(37)24-15-16-28(33-17-19-34(20-18-33)30(36)23-10-4-3-5-11-23)27(21-24)32-29(35)26-14-8-12-22-9-6-7-13-25(22)26/h3-16,21H,2,17-20H2,1H3,(H,32,35). The lowest BCUT2D eigenvalue weighted by atomic mass is 10.0. The Balaban J connectivity index is 1.40. The fourth-order valence-corrected chi connectivity index (χ4v) is 4.78. The van der Waals surface area contributed by atoms with E-state index < -0.39 is 5.97 Å². The highest BCUT2D eigenvalue weighted by atomic mass is 16.5. The first-order valence-corrected chi connectivity index (χ1v) is 12.7. The highest BCUT2D eigenvalue weighted by Gasteiger charge is 2.25. The number of carbonyl (C=O) groups excluding carboxylic acids is 3. The van der Waals surface area contributed by atoms with Crippen LogP contribution in [-0.2, 0) is 4.74 Å². The number of esters is 1. The summed E-state index contributed by atoms with van der Waals surface area (Å²) in [4.78, 5) is 42.8. The number of nitrogens with one attached hydrogen (secondary N) is 1. The molecule has 7 nitrogen and oxygen atoms in total. The fraction of sp³-hybridized carbons (Fsp3) is 0.194. The number of nitrogens with zero attached hydrogens (tertiary/aromatic N) is 2. The summed E-state index contributed by atoms with van der Waals surface area (Å²) in [5.74, 6) is -0.702. The Morgan fingerprint density at radius 3 is 2.26 bits per heavy atom. The van der Waals surface area contributed by atoms with Gasteiger partial charge in [-0.05, 0) is 54.1 Å². The molecular weight excluding hydrogens is 478 g/mol. The van der Waals surface area contributed by atoms with E-state index in [0.29, 0.717) is 48.6 Å². The van der Waals surface area contributed by atoms with Crippen molar-refractivity contribution >= 4 is 39.9 Å². The first-order chi connectivity index (χ1) is 18.5. The van der Waals surface area contributed by atoms with E-state index in [4.69, 9.17) is 4.74 Å². The molecule has 1 heterocycles. The van der Waals surface area contributed by atoms with Gasteiger partial charge < -0.3 is 19.9 Å². The van der Waals surface area contributed by atoms with E-state index in [1.54, 1.807) is 25.1 Å². The third-order valence-electron chi connectivity index (χ3n) is 6.72. The van der Waals surface area contributed by atoms with Crippen LogP contribution in [-0.4, -0.2) is 55.5 Å². The van der Waals surface area contributed by atoms with Crippen molar-refractivity contribution in [1.82, 2.24) is 4.90 Å². The molecule has 192 valence electrons. The number of hydrogen-bond donors (Lipinski definition) is 1. The van der Waals surface area contributed by atoms with E-state index in [1.807, 2.05) is 77.7 Å². The topological polar surface area (TPSA) is 79.0 Å². The average molecular weight is 508 g/mol. The van der Waals surface area contributed by atoms with E-state index in [2.05, 4.69) is 10.2 Å². The van der Waals surface area contributed by atoms with Crippen LogP contribution in [0.4, 0.5) is 11.4 Å². The summed E-state index contributed by atoms with van der Waals surface area (Å²) in [5.41, 5.74) is 2.90. The molecule has 1 aliphatic heterocycles. The molecule has 4 aromatic rings. The minimum atomic E-state index is -0.446. The monoisotopic (exact) mass is 507 g/mol. The summed E-state index contributed by atoms with van der Waals surface area (Å²) in [6.45, 7) is 4.29. The van der Waals surface area contributed by atoms with Crippen LogP contribution < -0.4 is 10.2 Å². The van der Waals surface area contributed by atoms with Crippen LogP contribution in [0.3, 0.4) is 0 Å². The van der Waals surface area contributed by atoms with Crippen molar-refractivity contribution in [1.29, 1.82) is 0 Å². The first kappa shape index (κ1) is 25.0. The number of benzene rings is 4. The van der Waals surface area contributed by atoms with Crippen LogP contribution in [0, 0.1) is 0 Å². The Bertz CT molecular complexity index is 1470. The normalized spacial score (nSPS) is 13.3. The van der Waals surface area contributed by atoms with Gasteiger partial charge in [0.05, 0.1) is 23.5 Å². The maximum atomic E-state index is 13.5. The van der Waals surface area contributed by atoms with E-state index >= 15 is 0 Å². The van der Waals surface area contributed by atoms with Gasteiger partial charge in [0.15, 0.2) is 0 Å². The van der Waals surface area contributed by atoms with E-state index in [-0.39, 0.29) is 18.4 Å². The van der Waals surface area contributed by atoms with Gasteiger partial charge in [0.2, 0.25) is 0 Å². The summed E-state index contributed by atoms with van der Waals surface area (Å²) in [6.07, 6.45) is 0. The molecule has 1 saturated heterocycles. The molecule has 0 unspecified atom stereocenters. The van der Waals surface area contributed by atoms with Crippen LogP contribution in [0.15, 0.2) is 91.0 Å². The van der Waals surface area contributed by atoms with Crippen molar-refractivity contribution in [3.63, 3.8) is 0 Å². The molecule has 0 radical (unpaired) electrons. The zero-order chi connectivity index (χ0) is 26.5. The largest absolute Gasteiger partial charge is 0.462 e. The van der Waals surface area contributed by atoms with Crippen molar-refractivity contribution < 1.29 is 19.1 Å². The lowest BCUT2D eigenvalue weighted by Crippen LogP contribution is -2.49. The van der Waals surface area contributed by atoms with Crippen LogP contribution in [0.2, 0.25) is 0 Å². The van der Waals surface area contributed by atoms with Gasteiger partial charge >= 0.3 is 5.97 Å². The van der Waals surface area contributed by atoms with Crippen LogP contribution in [0.1, 0.15) is 38.0 Å². The number of rotatable bonds is 6. The zero-order valence-corrected chi connectivity index (χ0v) is 21.2. The van der Waals surface area contributed by atoms with Crippen molar-refractivity contribution in [2.75, 3.05) is 43.0 Å². The fourth-order valence-electron chi connectivity index (χ4n) is 4.78. The molecule has 1 fully saturated rings. The Morgan fingerprint density at radius 1 is 0.789 bits per heavy atom. The minimum absolute atomic E-state index is 0.00684. The van der Waals surface area contributed by atoms with Crippen LogP contribution >= 0.6 is 0 Å². The quantitative estimate of drug-likeness (QED) is 0.362. The lowest BCUT2D eigenvalue weighted by Gasteiger charge is -2.37. The third-order valence-corrected chi connectivity index (χ3v) is 6.72. The molecule has 1 aliphatic rings. The lowest BCUT2D eigenvalue weighted by molar-refractivity contribution is 0.0526. The maximum Gasteiger partial charge on any atom is 0.338 e. The minimum Gasteiger partial charge on any atom is -0.462 e. The highest BCUT2D eigenvalue weighted by molar-refractivity contribution is 6.14. The Kier molecular flexibility index (Phi) is 7.35. The second-order valence-electron chi connectivity index (χ2n) is 9.08. The second-order valence-corrected chi connectivity index (χ2v) is 9.08. The molecule has 0 atom stereocenters. The Labute approximate surface area is 221 Å². The highest BCUT2D eigenvalue weighted by Crippen LogP contribution is 2.30. The Morgan fingerprint density at radius 2 is 1.50 bits per heavy atom. The predicted molar refractivity (Wildman–Crippen MR) is 149 cm³/mol. The van der Waals surface area contributed by atoms with Crippen molar-refractivity contribution in [2.45, 2.75) is 6.92 Å². The summed E-state index contributed by atoms with van der Waals surface area (Å²) < 4.78 is 5.19. The Hall–Kier alpha value is -4.65. The maximum absolute atomic E-state index is 13.5. The molecule has 4 aromatic carbocycles. The molecule has 38 heavy (non-hydrogen) atoms. The summed E-state index contributed by atoms with van der Waals surface area (Å²) in [5, 5.41) is 4.87. The van der Waals surface area contributed by atoms with Gasteiger partial charge in [-0.15, -0.1) is 0 Å². The van der Waals surface area contributed by atoms with Gasteiger partial charge in [0.25, 0.3) is 11.8 Å². The number of amides is 2. The van der Waals surface area contributed by atoms with Crippen LogP contribution in [0.25, 0.3) is 10.8 Å². The molecule has 0 aromatic heterocycles. The summed E-state index contributed by atoms with van der Waals surface area (Å²) >= 11 is 0. The van der Waals surface area contributed by atoms with E-state index in [1.165, 1.54) is 0 Å². The van der Waals surface area contributed by atoms with Gasteiger partial charge in [-0.25, -0.2) is 4.79 Å². The number of carbonyl (C=O) groups is 3.